The van der Waals surface area contributed by atoms with E-state index >= 15 is 0 Å². The van der Waals surface area contributed by atoms with Gasteiger partial charge in [-0.05, 0) is 23.8 Å². The van der Waals surface area contributed by atoms with Crippen molar-refractivity contribution in [1.29, 1.82) is 0 Å². The fourth-order valence-electron chi connectivity index (χ4n) is 3.34. The molecule has 0 N–H and O–H groups in total. The molecule has 0 radical (unpaired) electrons. The summed E-state index contributed by atoms with van der Waals surface area (Å²) in [6, 6.07) is 11.4. The van der Waals surface area contributed by atoms with E-state index in [4.69, 9.17) is 0 Å². The lowest BCUT2D eigenvalue weighted by atomic mass is 9.98. The first-order chi connectivity index (χ1) is 13.8. The molecule has 3 rings (SSSR count). The number of carbonyl (C=O) groups is 2. The van der Waals surface area contributed by atoms with Crippen molar-refractivity contribution < 1.29 is 18.4 Å². The maximum absolute atomic E-state index is 14.5. The molecule has 7 heteroatoms. The highest BCUT2D eigenvalue weighted by Gasteiger charge is 2.35. The topological polar surface area (TPSA) is 53.0 Å². The Morgan fingerprint density at radius 3 is 2.41 bits per heavy atom. The van der Waals surface area contributed by atoms with Crippen molar-refractivity contribution in [3.05, 3.63) is 71.3 Å². The molecule has 1 atom stereocenters. The highest BCUT2D eigenvalue weighted by molar-refractivity contribution is 6.03. The summed E-state index contributed by atoms with van der Waals surface area (Å²) in [6.45, 7) is 3.35. The van der Waals surface area contributed by atoms with E-state index in [1.165, 1.54) is 28.1 Å². The van der Waals surface area contributed by atoms with Crippen molar-refractivity contribution in [2.24, 2.45) is 11.0 Å². The Balaban J connectivity index is 1.91. The van der Waals surface area contributed by atoms with Gasteiger partial charge < -0.3 is 4.90 Å². The van der Waals surface area contributed by atoms with Gasteiger partial charge in [-0.3, -0.25) is 9.59 Å². The van der Waals surface area contributed by atoms with E-state index in [-0.39, 0.29) is 24.2 Å². The molecule has 0 aromatic heterocycles. The van der Waals surface area contributed by atoms with Gasteiger partial charge in [0.25, 0.3) is 5.91 Å². The Labute approximate surface area is 168 Å². The second-order valence-corrected chi connectivity index (χ2v) is 7.38. The molecule has 1 heterocycles. The number of rotatable bonds is 5. The summed E-state index contributed by atoms with van der Waals surface area (Å²) >= 11 is 0. The van der Waals surface area contributed by atoms with Crippen LogP contribution in [0, 0.1) is 17.6 Å². The fourth-order valence-corrected chi connectivity index (χ4v) is 3.34. The molecule has 2 aromatic rings. The first-order valence-corrected chi connectivity index (χ1v) is 9.42. The first kappa shape index (κ1) is 20.6. The molecule has 5 nitrogen and oxygen atoms in total. The van der Waals surface area contributed by atoms with Gasteiger partial charge in [-0.1, -0.05) is 44.2 Å². The van der Waals surface area contributed by atoms with Crippen LogP contribution >= 0.6 is 0 Å². The molecular weight excluding hydrogens is 376 g/mol. The van der Waals surface area contributed by atoms with Crippen molar-refractivity contribution in [3.8, 4) is 0 Å². The lowest BCUT2D eigenvalue weighted by Crippen LogP contribution is -2.40. The summed E-state index contributed by atoms with van der Waals surface area (Å²) in [5.41, 5.74) is 1.57. The van der Waals surface area contributed by atoms with Gasteiger partial charge in [0.2, 0.25) is 5.91 Å². The van der Waals surface area contributed by atoms with Gasteiger partial charge >= 0.3 is 0 Å². The highest BCUT2D eigenvalue weighted by atomic mass is 19.1. The maximum atomic E-state index is 14.5. The van der Waals surface area contributed by atoms with Crippen LogP contribution in [0.2, 0.25) is 0 Å². The van der Waals surface area contributed by atoms with Gasteiger partial charge in [-0.2, -0.15) is 5.10 Å². The van der Waals surface area contributed by atoms with Crippen molar-refractivity contribution in [2.45, 2.75) is 26.3 Å². The van der Waals surface area contributed by atoms with Gasteiger partial charge in [-0.25, -0.2) is 13.8 Å². The van der Waals surface area contributed by atoms with Crippen LogP contribution in [0.25, 0.3) is 0 Å². The van der Waals surface area contributed by atoms with Crippen molar-refractivity contribution >= 4 is 17.5 Å². The van der Waals surface area contributed by atoms with E-state index in [0.29, 0.717) is 23.3 Å². The van der Waals surface area contributed by atoms with E-state index in [9.17, 15) is 18.4 Å². The van der Waals surface area contributed by atoms with Gasteiger partial charge in [0.1, 0.15) is 18.2 Å². The molecule has 152 valence electrons. The van der Waals surface area contributed by atoms with Gasteiger partial charge in [0, 0.05) is 24.9 Å². The molecule has 0 saturated carbocycles. The summed E-state index contributed by atoms with van der Waals surface area (Å²) in [5.74, 6) is -1.63. The number of halogens is 2. The minimum atomic E-state index is -0.633. The minimum absolute atomic E-state index is 0.164. The van der Waals surface area contributed by atoms with Crippen molar-refractivity contribution in [3.63, 3.8) is 0 Å². The Kier molecular flexibility index (Phi) is 6.06. The lowest BCUT2D eigenvalue weighted by Gasteiger charge is -2.25. The molecule has 2 amide bonds. The molecule has 0 unspecified atom stereocenters. The van der Waals surface area contributed by atoms with Crippen LogP contribution < -0.4 is 0 Å². The van der Waals surface area contributed by atoms with Crippen LogP contribution in [0.1, 0.15) is 37.4 Å². The molecule has 0 fully saturated rings. The molecule has 1 aliphatic rings. The third kappa shape index (κ3) is 4.50. The number of carbonyl (C=O) groups excluding carboxylic acids is 2. The number of amides is 2. The highest BCUT2D eigenvalue weighted by Crippen LogP contribution is 2.34. The summed E-state index contributed by atoms with van der Waals surface area (Å²) in [4.78, 5) is 26.4. The lowest BCUT2D eigenvalue weighted by molar-refractivity contribution is -0.142. The van der Waals surface area contributed by atoms with Crippen molar-refractivity contribution in [2.75, 3.05) is 13.6 Å². The van der Waals surface area contributed by atoms with E-state index in [2.05, 4.69) is 5.10 Å². The summed E-state index contributed by atoms with van der Waals surface area (Å²) in [5, 5.41) is 5.65. The monoisotopic (exact) mass is 399 g/mol. The number of hydrogen-bond donors (Lipinski definition) is 0. The van der Waals surface area contributed by atoms with Gasteiger partial charge in [-0.15, -0.1) is 0 Å². The number of hydrazone groups is 1. The fraction of sp³-hybridized carbons (Fsp3) is 0.318. The van der Waals surface area contributed by atoms with Gasteiger partial charge in [0.05, 0.1) is 11.8 Å². The van der Waals surface area contributed by atoms with E-state index in [1.807, 2.05) is 0 Å². The van der Waals surface area contributed by atoms with E-state index in [1.54, 1.807) is 51.2 Å². The van der Waals surface area contributed by atoms with E-state index in [0.717, 1.165) is 0 Å². The Bertz CT molecular complexity index is 941. The largest absolute Gasteiger partial charge is 0.336 e. The maximum Gasteiger partial charge on any atom is 0.262 e. The Hall–Kier alpha value is -3.09. The first-order valence-electron chi connectivity index (χ1n) is 9.42. The average molecular weight is 399 g/mol. The zero-order valence-electron chi connectivity index (χ0n) is 16.6. The smallest absolute Gasteiger partial charge is 0.262 e. The molecule has 0 aliphatic carbocycles. The standard InChI is InChI=1S/C22H23F2N3O2/c1-14(2)22(29)26(3)13-21(28)27-20(17-6-4-5-7-18(17)24)12-19(25-27)15-8-10-16(23)11-9-15/h4-11,14,20H,12-13H2,1-3H3/t20-/m1/s1. The van der Waals surface area contributed by atoms with Crippen LogP contribution in [-0.4, -0.2) is 41.0 Å². The summed E-state index contributed by atoms with van der Waals surface area (Å²) in [6.07, 6.45) is 0.292. The number of benzene rings is 2. The van der Waals surface area contributed by atoms with E-state index < -0.39 is 17.8 Å². The molecule has 1 aliphatic heterocycles. The molecule has 0 saturated heterocycles. The SMILES string of the molecule is CC(C)C(=O)N(C)CC(=O)N1N=C(c2ccc(F)cc2)C[C@@H]1c1ccccc1F. The zero-order valence-corrected chi connectivity index (χ0v) is 16.6. The predicted octanol–water partition coefficient (Wildman–Crippen LogP) is 3.76. The van der Waals surface area contributed by atoms with Crippen LogP contribution in [0.4, 0.5) is 8.78 Å². The summed E-state index contributed by atoms with van der Waals surface area (Å²) in [7, 11) is 1.55. The molecule has 0 bridgehead atoms. The van der Waals surface area contributed by atoms with Crippen molar-refractivity contribution in [1.82, 2.24) is 9.91 Å². The predicted molar refractivity (Wildman–Crippen MR) is 106 cm³/mol. The minimum Gasteiger partial charge on any atom is -0.336 e. The zero-order chi connectivity index (χ0) is 21.1. The van der Waals surface area contributed by atoms with Crippen LogP contribution in [0.3, 0.4) is 0 Å². The molecule has 2 aromatic carbocycles. The normalized spacial score (nSPS) is 16.1. The second kappa shape index (κ2) is 8.51. The third-order valence-electron chi connectivity index (χ3n) is 4.85. The number of hydrogen-bond acceptors (Lipinski definition) is 3. The molecule has 29 heavy (non-hydrogen) atoms. The molecular formula is C22H23F2N3O2. The third-order valence-corrected chi connectivity index (χ3v) is 4.85. The number of likely N-dealkylation sites (N-methyl/N-ethyl adjacent to an activating group) is 1. The quantitative estimate of drug-likeness (QED) is 0.769. The molecule has 0 spiro atoms. The second-order valence-electron chi connectivity index (χ2n) is 7.38. The Morgan fingerprint density at radius 2 is 1.79 bits per heavy atom. The Morgan fingerprint density at radius 1 is 1.14 bits per heavy atom. The van der Waals surface area contributed by atoms with Gasteiger partial charge in [0.15, 0.2) is 0 Å². The van der Waals surface area contributed by atoms with Crippen LogP contribution in [0.15, 0.2) is 53.6 Å². The average Bonchev–Trinajstić information content (AvgIpc) is 3.13. The summed E-state index contributed by atoms with van der Waals surface area (Å²) < 4.78 is 27.7. The van der Waals surface area contributed by atoms with Crippen LogP contribution in [0.5, 0.6) is 0 Å². The van der Waals surface area contributed by atoms with Crippen LogP contribution in [-0.2, 0) is 9.59 Å². The number of nitrogens with zero attached hydrogens (tertiary/aromatic N) is 3.